The largest absolute Gasteiger partial charge is 0.355 e. The van der Waals surface area contributed by atoms with Crippen molar-refractivity contribution in [3.8, 4) is 0 Å². The van der Waals surface area contributed by atoms with Gasteiger partial charge >= 0.3 is 0 Å². The van der Waals surface area contributed by atoms with E-state index in [4.69, 9.17) is 0 Å². The summed E-state index contributed by atoms with van der Waals surface area (Å²) in [6.07, 6.45) is 6.89. The van der Waals surface area contributed by atoms with Crippen molar-refractivity contribution < 1.29 is 9.59 Å². The zero-order chi connectivity index (χ0) is 12.7. The van der Waals surface area contributed by atoms with E-state index in [2.05, 4.69) is 17.5 Å². The molecule has 0 saturated carbocycles. The third-order valence-corrected chi connectivity index (χ3v) is 2.99. The van der Waals surface area contributed by atoms with Crippen LogP contribution in [0.1, 0.15) is 33.1 Å². The van der Waals surface area contributed by atoms with Gasteiger partial charge < -0.3 is 10.2 Å². The molecule has 0 aromatic carbocycles. The molecule has 0 radical (unpaired) electrons. The summed E-state index contributed by atoms with van der Waals surface area (Å²) < 4.78 is 0. The molecule has 1 atom stereocenters. The number of carbonyl (C=O) groups is 2. The molecule has 4 heteroatoms. The quantitative estimate of drug-likeness (QED) is 0.710. The van der Waals surface area contributed by atoms with Crippen molar-refractivity contribution in [2.45, 2.75) is 33.1 Å². The fraction of sp³-hybridized carbons (Fsp3) is 0.692. The second-order valence-corrected chi connectivity index (χ2v) is 4.33. The molecule has 1 aliphatic rings. The molecule has 0 aromatic rings. The van der Waals surface area contributed by atoms with Crippen LogP contribution >= 0.6 is 0 Å². The monoisotopic (exact) mass is 238 g/mol. The van der Waals surface area contributed by atoms with Crippen molar-refractivity contribution in [2.75, 3.05) is 19.6 Å². The molecule has 17 heavy (non-hydrogen) atoms. The van der Waals surface area contributed by atoms with Gasteiger partial charge in [-0.25, -0.2) is 0 Å². The van der Waals surface area contributed by atoms with Crippen molar-refractivity contribution in [3.05, 3.63) is 12.2 Å². The normalized spacial score (nSPS) is 18.1. The summed E-state index contributed by atoms with van der Waals surface area (Å²) >= 11 is 0. The highest BCUT2D eigenvalue weighted by Crippen LogP contribution is 2.21. The Morgan fingerprint density at radius 3 is 2.71 bits per heavy atom. The maximum absolute atomic E-state index is 12.0. The Labute approximate surface area is 103 Å². The van der Waals surface area contributed by atoms with E-state index in [0.29, 0.717) is 25.4 Å². The second kappa shape index (κ2) is 7.09. The fourth-order valence-electron chi connectivity index (χ4n) is 2.02. The summed E-state index contributed by atoms with van der Waals surface area (Å²) in [5, 5.41) is 2.71. The molecule has 0 fully saturated rings. The summed E-state index contributed by atoms with van der Waals surface area (Å²) in [6, 6.07) is 0. The summed E-state index contributed by atoms with van der Waals surface area (Å²) in [6.45, 7) is 5.16. The number of nitrogens with one attached hydrogen (secondary N) is 1. The average Bonchev–Trinajstić information content (AvgIpc) is 2.78. The first-order valence-corrected chi connectivity index (χ1v) is 6.38. The van der Waals surface area contributed by atoms with E-state index in [-0.39, 0.29) is 18.4 Å². The predicted octanol–water partition coefficient (Wildman–Crippen LogP) is 1.33. The maximum atomic E-state index is 12.0. The minimum Gasteiger partial charge on any atom is -0.355 e. The lowest BCUT2D eigenvalue weighted by Crippen LogP contribution is -2.40. The standard InChI is InChI=1S/C13H22N2O2/c1-3-14-12(16)10-15(4-2)13(17)9-11-7-5-6-8-11/h5,7,11H,3-4,6,8-10H2,1-2H3,(H,14,16). The molecular weight excluding hydrogens is 216 g/mol. The summed E-state index contributed by atoms with van der Waals surface area (Å²) in [5.74, 6) is 0.366. The lowest BCUT2D eigenvalue weighted by molar-refractivity contribution is -0.136. The van der Waals surface area contributed by atoms with Crippen LogP contribution in [-0.2, 0) is 9.59 Å². The Bertz CT molecular complexity index is 300. The van der Waals surface area contributed by atoms with Crippen LogP contribution in [0, 0.1) is 5.92 Å². The van der Waals surface area contributed by atoms with Gasteiger partial charge in [-0.15, -0.1) is 0 Å². The first-order valence-electron chi connectivity index (χ1n) is 6.38. The molecule has 1 unspecified atom stereocenters. The Morgan fingerprint density at radius 2 is 2.18 bits per heavy atom. The summed E-state index contributed by atoms with van der Waals surface area (Å²) in [7, 11) is 0. The summed E-state index contributed by atoms with van der Waals surface area (Å²) in [5.41, 5.74) is 0. The van der Waals surface area contributed by atoms with E-state index in [9.17, 15) is 9.59 Å². The zero-order valence-corrected chi connectivity index (χ0v) is 10.7. The molecule has 96 valence electrons. The fourth-order valence-corrected chi connectivity index (χ4v) is 2.02. The van der Waals surface area contributed by atoms with Gasteiger partial charge in [-0.1, -0.05) is 12.2 Å². The number of hydrogen-bond donors (Lipinski definition) is 1. The van der Waals surface area contributed by atoms with Crippen LogP contribution in [0.4, 0.5) is 0 Å². The van der Waals surface area contributed by atoms with E-state index in [1.54, 1.807) is 4.90 Å². The smallest absolute Gasteiger partial charge is 0.239 e. The first kappa shape index (κ1) is 13.7. The highest BCUT2D eigenvalue weighted by molar-refractivity contribution is 5.84. The number of nitrogens with zero attached hydrogens (tertiary/aromatic N) is 1. The average molecular weight is 238 g/mol. The van der Waals surface area contributed by atoms with E-state index in [1.807, 2.05) is 13.8 Å². The van der Waals surface area contributed by atoms with Crippen LogP contribution in [0.2, 0.25) is 0 Å². The van der Waals surface area contributed by atoms with Crippen LogP contribution in [0.25, 0.3) is 0 Å². The SMILES string of the molecule is CCNC(=O)CN(CC)C(=O)CC1C=CCC1. The lowest BCUT2D eigenvalue weighted by atomic mass is 10.0. The van der Waals surface area contributed by atoms with Gasteiger partial charge in [0.25, 0.3) is 0 Å². The van der Waals surface area contributed by atoms with Gasteiger partial charge in [-0.3, -0.25) is 9.59 Å². The van der Waals surface area contributed by atoms with Crippen LogP contribution in [-0.4, -0.2) is 36.3 Å². The minimum absolute atomic E-state index is 0.0790. The van der Waals surface area contributed by atoms with Crippen molar-refractivity contribution in [1.82, 2.24) is 10.2 Å². The number of rotatable bonds is 6. The molecule has 0 aromatic heterocycles. The van der Waals surface area contributed by atoms with Crippen molar-refractivity contribution in [1.29, 1.82) is 0 Å². The third-order valence-electron chi connectivity index (χ3n) is 2.99. The third kappa shape index (κ3) is 4.59. The Morgan fingerprint density at radius 1 is 1.41 bits per heavy atom. The topological polar surface area (TPSA) is 49.4 Å². The molecule has 0 saturated heterocycles. The molecule has 1 rings (SSSR count). The number of carbonyl (C=O) groups excluding carboxylic acids is 2. The second-order valence-electron chi connectivity index (χ2n) is 4.33. The molecule has 4 nitrogen and oxygen atoms in total. The van der Waals surface area contributed by atoms with Gasteiger partial charge in [-0.05, 0) is 32.6 Å². The minimum atomic E-state index is -0.0790. The van der Waals surface area contributed by atoms with Gasteiger partial charge in [0, 0.05) is 19.5 Å². The number of hydrogen-bond acceptors (Lipinski definition) is 2. The molecule has 1 aliphatic carbocycles. The lowest BCUT2D eigenvalue weighted by Gasteiger charge is -2.21. The van der Waals surface area contributed by atoms with Gasteiger partial charge in [0.1, 0.15) is 0 Å². The van der Waals surface area contributed by atoms with Gasteiger partial charge in [-0.2, -0.15) is 0 Å². The molecular formula is C13H22N2O2. The zero-order valence-electron chi connectivity index (χ0n) is 10.7. The molecule has 0 spiro atoms. The predicted molar refractivity (Wildman–Crippen MR) is 67.4 cm³/mol. The van der Waals surface area contributed by atoms with Gasteiger partial charge in [0.05, 0.1) is 6.54 Å². The van der Waals surface area contributed by atoms with E-state index < -0.39 is 0 Å². The van der Waals surface area contributed by atoms with E-state index >= 15 is 0 Å². The highest BCUT2D eigenvalue weighted by Gasteiger charge is 2.19. The van der Waals surface area contributed by atoms with Crippen molar-refractivity contribution in [2.24, 2.45) is 5.92 Å². The van der Waals surface area contributed by atoms with Crippen LogP contribution < -0.4 is 5.32 Å². The van der Waals surface area contributed by atoms with Crippen LogP contribution in [0.5, 0.6) is 0 Å². The van der Waals surface area contributed by atoms with Crippen LogP contribution in [0.3, 0.4) is 0 Å². The highest BCUT2D eigenvalue weighted by atomic mass is 16.2. The Balaban J connectivity index is 2.40. The first-order chi connectivity index (χ1) is 8.17. The van der Waals surface area contributed by atoms with Crippen molar-refractivity contribution >= 4 is 11.8 Å². The number of allylic oxidation sites excluding steroid dienone is 2. The Hall–Kier alpha value is -1.32. The number of amides is 2. The maximum Gasteiger partial charge on any atom is 0.239 e. The summed E-state index contributed by atoms with van der Waals surface area (Å²) in [4.78, 5) is 25.0. The van der Waals surface area contributed by atoms with Crippen LogP contribution in [0.15, 0.2) is 12.2 Å². The number of likely N-dealkylation sites (N-methyl/N-ethyl adjacent to an activating group) is 2. The molecule has 1 N–H and O–H groups in total. The molecule has 2 amide bonds. The van der Waals surface area contributed by atoms with Crippen molar-refractivity contribution in [3.63, 3.8) is 0 Å². The van der Waals surface area contributed by atoms with E-state index in [0.717, 1.165) is 12.8 Å². The van der Waals surface area contributed by atoms with Gasteiger partial charge in [0.2, 0.25) is 11.8 Å². The molecule has 0 aliphatic heterocycles. The van der Waals surface area contributed by atoms with E-state index in [1.165, 1.54) is 0 Å². The van der Waals surface area contributed by atoms with Gasteiger partial charge in [0.15, 0.2) is 0 Å². The molecule has 0 heterocycles. The Kier molecular flexibility index (Phi) is 5.73. The molecule has 0 bridgehead atoms.